The number of hydrogen-bond acceptors (Lipinski definition) is 4. The third-order valence-electron chi connectivity index (χ3n) is 7.92. The Bertz CT molecular complexity index is 544. The first-order valence-electron chi connectivity index (χ1n) is 10.2. The van der Waals surface area contributed by atoms with Crippen molar-refractivity contribution in [2.75, 3.05) is 6.61 Å². The van der Waals surface area contributed by atoms with Crippen LogP contribution >= 0.6 is 0 Å². The maximum Gasteiger partial charge on any atom is 0.508 e. The van der Waals surface area contributed by atoms with Gasteiger partial charge in [0.25, 0.3) is 0 Å². The van der Waals surface area contributed by atoms with Gasteiger partial charge in [0, 0.05) is 5.41 Å². The highest BCUT2D eigenvalue weighted by molar-refractivity contribution is 5.60. The van der Waals surface area contributed by atoms with Crippen molar-refractivity contribution >= 4 is 6.16 Å². The second kappa shape index (κ2) is 6.61. The van der Waals surface area contributed by atoms with E-state index in [4.69, 9.17) is 9.47 Å². The molecule has 0 aromatic heterocycles. The van der Waals surface area contributed by atoms with Gasteiger partial charge in [0.1, 0.15) is 6.10 Å². The van der Waals surface area contributed by atoms with E-state index >= 15 is 0 Å². The SMILES string of the molecule is CCOC(=O)O[C@H]1CC[C@H]2[C@@H]3CC[C@H]4C[C@@H](O)C=C[C@@H]4[C@H]3CC[C@]12C. The van der Waals surface area contributed by atoms with Gasteiger partial charge in [-0.15, -0.1) is 0 Å². The van der Waals surface area contributed by atoms with Crippen LogP contribution in [0.2, 0.25) is 0 Å². The van der Waals surface area contributed by atoms with Crippen molar-refractivity contribution in [2.24, 2.45) is 35.0 Å². The van der Waals surface area contributed by atoms with Crippen molar-refractivity contribution in [2.45, 2.75) is 71.0 Å². The van der Waals surface area contributed by atoms with Gasteiger partial charge in [-0.1, -0.05) is 19.1 Å². The molecule has 8 atom stereocenters. The third-order valence-corrected chi connectivity index (χ3v) is 7.92. The van der Waals surface area contributed by atoms with Crippen LogP contribution in [0.3, 0.4) is 0 Å². The number of fused-ring (bicyclic) bond motifs is 5. The highest BCUT2D eigenvalue weighted by Crippen LogP contribution is 2.62. The second-order valence-electron chi connectivity index (χ2n) is 8.95. The van der Waals surface area contributed by atoms with E-state index in [9.17, 15) is 9.90 Å². The van der Waals surface area contributed by atoms with Crippen molar-refractivity contribution in [3.8, 4) is 0 Å². The average molecular weight is 348 g/mol. The number of hydrogen-bond donors (Lipinski definition) is 1. The highest BCUT2D eigenvalue weighted by atomic mass is 16.7. The number of aliphatic hydroxyl groups excluding tert-OH is 1. The number of carbonyl (C=O) groups excluding carboxylic acids is 1. The van der Waals surface area contributed by atoms with E-state index in [0.29, 0.717) is 24.4 Å². The Labute approximate surface area is 151 Å². The molecule has 0 aliphatic heterocycles. The number of carbonyl (C=O) groups is 1. The minimum atomic E-state index is -0.496. The summed E-state index contributed by atoms with van der Waals surface area (Å²) in [5.41, 5.74) is 0.110. The summed E-state index contributed by atoms with van der Waals surface area (Å²) in [5, 5.41) is 9.95. The highest BCUT2D eigenvalue weighted by Gasteiger charge is 2.57. The van der Waals surface area contributed by atoms with Gasteiger partial charge in [-0.25, -0.2) is 4.79 Å². The summed E-state index contributed by atoms with van der Waals surface area (Å²) in [6.45, 7) is 4.54. The molecule has 1 N–H and O–H groups in total. The Morgan fingerprint density at radius 1 is 1.16 bits per heavy atom. The average Bonchev–Trinajstić information content (AvgIpc) is 2.91. The molecule has 3 saturated carbocycles. The standard InChI is InChI=1S/C21H32O4/c1-3-24-20(23)25-19-9-8-18-17-6-4-13-12-14(22)5-7-15(13)16(17)10-11-21(18,19)2/h5,7,13-19,22H,3-4,6,8-12H2,1-2H3/t13-,14-,15-,16+,17+,18-,19-,21-/m0/s1. The van der Waals surface area contributed by atoms with E-state index in [1.54, 1.807) is 0 Å². The van der Waals surface area contributed by atoms with Gasteiger partial charge in [0.2, 0.25) is 0 Å². The molecule has 0 radical (unpaired) electrons. The van der Waals surface area contributed by atoms with E-state index in [2.05, 4.69) is 13.0 Å². The lowest BCUT2D eigenvalue weighted by Gasteiger charge is -2.54. The molecular weight excluding hydrogens is 316 g/mol. The van der Waals surface area contributed by atoms with E-state index in [-0.39, 0.29) is 17.6 Å². The molecule has 0 heterocycles. The maximum absolute atomic E-state index is 11.8. The van der Waals surface area contributed by atoms with Crippen molar-refractivity contribution in [1.29, 1.82) is 0 Å². The van der Waals surface area contributed by atoms with Crippen LogP contribution in [-0.2, 0) is 9.47 Å². The quantitative estimate of drug-likeness (QED) is 0.596. The van der Waals surface area contributed by atoms with Gasteiger partial charge in [-0.2, -0.15) is 0 Å². The molecule has 4 aliphatic rings. The molecule has 0 aromatic carbocycles. The molecule has 4 rings (SSSR count). The van der Waals surface area contributed by atoms with Crippen molar-refractivity contribution < 1.29 is 19.4 Å². The Morgan fingerprint density at radius 2 is 2.00 bits per heavy atom. The summed E-state index contributed by atoms with van der Waals surface area (Å²) in [4.78, 5) is 11.8. The monoisotopic (exact) mass is 348 g/mol. The molecule has 0 unspecified atom stereocenters. The van der Waals surface area contributed by atoms with Crippen LogP contribution in [0.1, 0.15) is 58.8 Å². The number of rotatable bonds is 2. The van der Waals surface area contributed by atoms with Crippen LogP contribution in [0.4, 0.5) is 4.79 Å². The summed E-state index contributed by atoms with van der Waals surface area (Å²) in [6, 6.07) is 0. The Morgan fingerprint density at radius 3 is 2.80 bits per heavy atom. The molecule has 4 heteroatoms. The second-order valence-corrected chi connectivity index (χ2v) is 8.95. The summed E-state index contributed by atoms with van der Waals surface area (Å²) in [6.07, 6.45) is 11.6. The summed E-state index contributed by atoms with van der Waals surface area (Å²) in [5.74, 6) is 3.47. The first-order valence-corrected chi connectivity index (χ1v) is 10.2. The van der Waals surface area contributed by atoms with E-state index in [0.717, 1.165) is 31.1 Å². The van der Waals surface area contributed by atoms with Gasteiger partial charge < -0.3 is 14.6 Å². The smallest absolute Gasteiger partial charge is 0.435 e. The van der Waals surface area contributed by atoms with E-state index < -0.39 is 6.16 Å². The first kappa shape index (κ1) is 17.4. The van der Waals surface area contributed by atoms with E-state index in [1.807, 2.05) is 13.0 Å². The molecule has 140 valence electrons. The summed E-state index contributed by atoms with van der Waals surface area (Å²) >= 11 is 0. The van der Waals surface area contributed by atoms with Crippen LogP contribution in [-0.4, -0.2) is 30.1 Å². The molecule has 0 bridgehead atoms. The molecule has 4 aliphatic carbocycles. The van der Waals surface area contributed by atoms with Crippen molar-refractivity contribution in [3.63, 3.8) is 0 Å². The fourth-order valence-corrected chi connectivity index (χ4v) is 6.79. The van der Waals surface area contributed by atoms with Gasteiger partial charge >= 0.3 is 6.16 Å². The van der Waals surface area contributed by atoms with Crippen LogP contribution in [0.15, 0.2) is 12.2 Å². The molecule has 0 spiro atoms. The van der Waals surface area contributed by atoms with Crippen LogP contribution in [0.25, 0.3) is 0 Å². The number of aliphatic hydroxyl groups is 1. The molecule has 4 nitrogen and oxygen atoms in total. The van der Waals surface area contributed by atoms with Crippen LogP contribution in [0.5, 0.6) is 0 Å². The molecular formula is C21H32O4. The van der Waals surface area contributed by atoms with Gasteiger partial charge in [-0.05, 0) is 81.5 Å². The predicted octanol–water partition coefficient (Wildman–Crippen LogP) is 4.32. The number of allylic oxidation sites excluding steroid dienone is 1. The van der Waals surface area contributed by atoms with Crippen LogP contribution < -0.4 is 0 Å². The molecule has 0 amide bonds. The molecule has 0 saturated heterocycles. The van der Waals surface area contributed by atoms with Crippen LogP contribution in [0, 0.1) is 35.0 Å². The van der Waals surface area contributed by atoms with Gasteiger partial charge in [-0.3, -0.25) is 0 Å². The van der Waals surface area contributed by atoms with Crippen molar-refractivity contribution in [3.05, 3.63) is 12.2 Å². The lowest BCUT2D eigenvalue weighted by Crippen LogP contribution is -2.49. The number of ether oxygens (including phenoxy) is 2. The first-order chi connectivity index (χ1) is 12.0. The fourth-order valence-electron chi connectivity index (χ4n) is 6.79. The minimum Gasteiger partial charge on any atom is -0.435 e. The van der Waals surface area contributed by atoms with Gasteiger partial charge in [0.05, 0.1) is 12.7 Å². The Balaban J connectivity index is 1.50. The zero-order valence-corrected chi connectivity index (χ0v) is 15.5. The maximum atomic E-state index is 11.8. The normalized spacial score (nSPS) is 48.2. The molecule has 25 heavy (non-hydrogen) atoms. The predicted molar refractivity (Wildman–Crippen MR) is 94.9 cm³/mol. The summed E-state index contributed by atoms with van der Waals surface area (Å²) < 4.78 is 10.7. The van der Waals surface area contributed by atoms with E-state index in [1.165, 1.54) is 25.7 Å². The minimum absolute atomic E-state index is 0.0129. The zero-order valence-electron chi connectivity index (χ0n) is 15.5. The van der Waals surface area contributed by atoms with Crippen molar-refractivity contribution in [1.82, 2.24) is 0 Å². The lowest BCUT2D eigenvalue weighted by atomic mass is 9.51. The molecule has 0 aromatic rings. The Hall–Kier alpha value is -1.03. The Kier molecular flexibility index (Phi) is 4.59. The van der Waals surface area contributed by atoms with Gasteiger partial charge in [0.15, 0.2) is 0 Å². The summed E-state index contributed by atoms with van der Waals surface area (Å²) in [7, 11) is 0. The third kappa shape index (κ3) is 2.90. The zero-order chi connectivity index (χ0) is 17.6. The fraction of sp³-hybridized carbons (Fsp3) is 0.857. The molecule has 3 fully saturated rings. The topological polar surface area (TPSA) is 55.8 Å². The lowest BCUT2D eigenvalue weighted by molar-refractivity contribution is -0.0836. The largest absolute Gasteiger partial charge is 0.508 e.